The van der Waals surface area contributed by atoms with Crippen LogP contribution >= 0.6 is 0 Å². The van der Waals surface area contributed by atoms with Crippen LogP contribution < -0.4 is 5.32 Å². The van der Waals surface area contributed by atoms with Crippen molar-refractivity contribution in [2.75, 3.05) is 13.7 Å². The third-order valence-electron chi connectivity index (χ3n) is 4.66. The Bertz CT molecular complexity index is 276. The van der Waals surface area contributed by atoms with Gasteiger partial charge in [0.1, 0.15) is 0 Å². The molecule has 3 heteroatoms. The third kappa shape index (κ3) is 5.80. The van der Waals surface area contributed by atoms with Gasteiger partial charge in [0, 0.05) is 19.7 Å². The lowest BCUT2D eigenvalue weighted by Gasteiger charge is -2.41. The Morgan fingerprint density at radius 2 is 1.74 bits per heavy atom. The molecule has 0 aliphatic heterocycles. The molecule has 0 aromatic carbocycles. The molecule has 1 fully saturated rings. The second-order valence-corrected chi connectivity index (χ2v) is 7.84. The zero-order valence-electron chi connectivity index (χ0n) is 13.7. The van der Waals surface area contributed by atoms with Crippen LogP contribution in [0, 0.1) is 5.41 Å². The molecule has 0 radical (unpaired) electrons. The Morgan fingerprint density at radius 1 is 1.21 bits per heavy atom. The lowest BCUT2D eigenvalue weighted by Crippen LogP contribution is -2.48. The van der Waals surface area contributed by atoms with E-state index >= 15 is 0 Å². The fraction of sp³-hybridized carbons (Fsp3) is 1.00. The van der Waals surface area contributed by atoms with Crippen molar-refractivity contribution < 1.29 is 9.84 Å². The van der Waals surface area contributed by atoms with Crippen LogP contribution in [0.3, 0.4) is 0 Å². The van der Waals surface area contributed by atoms with Gasteiger partial charge in [-0.25, -0.2) is 0 Å². The maximum absolute atomic E-state index is 10.6. The molecule has 1 atom stereocenters. The quantitative estimate of drug-likeness (QED) is 0.780. The Labute approximate surface area is 119 Å². The van der Waals surface area contributed by atoms with Crippen molar-refractivity contribution in [3.05, 3.63) is 0 Å². The second kappa shape index (κ2) is 6.11. The van der Waals surface area contributed by atoms with Crippen LogP contribution in [0.4, 0.5) is 0 Å². The summed E-state index contributed by atoms with van der Waals surface area (Å²) in [6, 6.07) is 0.355. The summed E-state index contributed by atoms with van der Waals surface area (Å²) in [6.07, 6.45) is 5.00. The molecule has 19 heavy (non-hydrogen) atoms. The van der Waals surface area contributed by atoms with Crippen LogP contribution in [0.1, 0.15) is 66.7 Å². The highest BCUT2D eigenvalue weighted by molar-refractivity contribution is 4.91. The predicted octanol–water partition coefficient (Wildman–Crippen LogP) is 3.11. The Balaban J connectivity index is 2.36. The molecule has 2 N–H and O–H groups in total. The number of nitrogens with one attached hydrogen (secondary N) is 1. The maximum Gasteiger partial charge on any atom is 0.0772 e. The van der Waals surface area contributed by atoms with Crippen molar-refractivity contribution in [1.29, 1.82) is 0 Å². The van der Waals surface area contributed by atoms with Crippen LogP contribution in [0.2, 0.25) is 0 Å². The first kappa shape index (κ1) is 16.9. The minimum Gasteiger partial charge on any atom is -0.389 e. The number of rotatable bonds is 6. The Hall–Kier alpha value is -0.120. The summed E-state index contributed by atoms with van der Waals surface area (Å²) in [4.78, 5) is 0. The molecule has 3 nitrogen and oxygen atoms in total. The summed E-state index contributed by atoms with van der Waals surface area (Å²) >= 11 is 0. The molecule has 1 saturated carbocycles. The zero-order chi connectivity index (χ0) is 14.7. The first-order valence-corrected chi connectivity index (χ1v) is 7.59. The zero-order valence-corrected chi connectivity index (χ0v) is 13.7. The van der Waals surface area contributed by atoms with Crippen molar-refractivity contribution in [3.63, 3.8) is 0 Å². The Morgan fingerprint density at radius 3 is 2.21 bits per heavy atom. The van der Waals surface area contributed by atoms with Crippen LogP contribution in [-0.4, -0.2) is 36.0 Å². The van der Waals surface area contributed by atoms with E-state index in [2.05, 4.69) is 39.9 Å². The van der Waals surface area contributed by atoms with Crippen molar-refractivity contribution >= 4 is 0 Å². The third-order valence-corrected chi connectivity index (χ3v) is 4.66. The minimum atomic E-state index is -0.513. The molecule has 0 spiro atoms. The van der Waals surface area contributed by atoms with Gasteiger partial charge in [0.25, 0.3) is 0 Å². The van der Waals surface area contributed by atoms with Gasteiger partial charge >= 0.3 is 0 Å². The van der Waals surface area contributed by atoms with Crippen LogP contribution in [0.15, 0.2) is 0 Å². The van der Waals surface area contributed by atoms with Gasteiger partial charge in [-0.05, 0) is 58.3 Å². The van der Waals surface area contributed by atoms with Gasteiger partial charge in [-0.2, -0.15) is 0 Å². The van der Waals surface area contributed by atoms with E-state index in [4.69, 9.17) is 4.74 Å². The first-order valence-electron chi connectivity index (χ1n) is 7.59. The minimum absolute atomic E-state index is 0.108. The highest BCUT2D eigenvalue weighted by Gasteiger charge is 2.36. The van der Waals surface area contributed by atoms with Gasteiger partial charge in [0.15, 0.2) is 0 Å². The average molecular weight is 271 g/mol. The molecular formula is C16H33NO2. The van der Waals surface area contributed by atoms with E-state index in [0.29, 0.717) is 18.0 Å². The standard InChI is InChI=1S/C16H33NO2/c1-13(11-15(4,5)19-6)17-12-16(18)9-7-14(2,3)8-10-16/h13,17-18H,7-12H2,1-6H3. The molecule has 0 heterocycles. The monoisotopic (exact) mass is 271 g/mol. The lowest BCUT2D eigenvalue weighted by atomic mass is 9.71. The summed E-state index contributed by atoms with van der Waals surface area (Å²) in [5, 5.41) is 14.1. The fourth-order valence-corrected chi connectivity index (χ4v) is 2.83. The predicted molar refractivity (Wildman–Crippen MR) is 80.4 cm³/mol. The maximum atomic E-state index is 10.6. The number of aliphatic hydroxyl groups is 1. The van der Waals surface area contributed by atoms with E-state index in [1.807, 2.05) is 0 Å². The van der Waals surface area contributed by atoms with Gasteiger partial charge in [-0.1, -0.05) is 13.8 Å². The van der Waals surface area contributed by atoms with E-state index in [0.717, 1.165) is 32.1 Å². The van der Waals surface area contributed by atoms with Crippen LogP contribution in [0.5, 0.6) is 0 Å². The van der Waals surface area contributed by atoms with Gasteiger partial charge in [-0.3, -0.25) is 0 Å². The topological polar surface area (TPSA) is 41.5 Å². The Kier molecular flexibility index (Phi) is 5.44. The van der Waals surface area contributed by atoms with Crippen molar-refractivity contribution in [3.8, 4) is 0 Å². The molecule has 0 aromatic heterocycles. The highest BCUT2D eigenvalue weighted by Crippen LogP contribution is 2.39. The number of methoxy groups -OCH3 is 1. The van der Waals surface area contributed by atoms with E-state index in [-0.39, 0.29) is 5.60 Å². The SMILES string of the molecule is COC(C)(C)CC(C)NCC1(O)CCC(C)(C)CC1. The lowest BCUT2D eigenvalue weighted by molar-refractivity contribution is -0.0303. The smallest absolute Gasteiger partial charge is 0.0772 e. The molecule has 0 saturated heterocycles. The molecule has 1 aliphatic rings. The fourth-order valence-electron chi connectivity index (χ4n) is 2.83. The first-order chi connectivity index (χ1) is 8.58. The number of ether oxygens (including phenoxy) is 1. The molecule has 1 rings (SSSR count). The van der Waals surface area contributed by atoms with Crippen LogP contribution in [0.25, 0.3) is 0 Å². The van der Waals surface area contributed by atoms with Gasteiger partial charge in [0.05, 0.1) is 11.2 Å². The van der Waals surface area contributed by atoms with Crippen molar-refractivity contribution in [1.82, 2.24) is 5.32 Å². The molecular weight excluding hydrogens is 238 g/mol. The van der Waals surface area contributed by atoms with Gasteiger partial charge in [-0.15, -0.1) is 0 Å². The number of hydrogen-bond donors (Lipinski definition) is 2. The normalized spacial score (nSPS) is 24.2. The summed E-state index contributed by atoms with van der Waals surface area (Å²) in [7, 11) is 1.75. The van der Waals surface area contributed by atoms with Crippen molar-refractivity contribution in [2.24, 2.45) is 5.41 Å². The molecule has 1 unspecified atom stereocenters. The van der Waals surface area contributed by atoms with E-state index in [1.54, 1.807) is 7.11 Å². The second-order valence-electron chi connectivity index (χ2n) is 7.84. The summed E-state index contributed by atoms with van der Waals surface area (Å²) in [6.45, 7) is 11.7. The van der Waals surface area contributed by atoms with Crippen molar-refractivity contribution in [2.45, 2.75) is 84.0 Å². The number of hydrogen-bond acceptors (Lipinski definition) is 3. The summed E-state index contributed by atoms with van der Waals surface area (Å²) < 4.78 is 5.45. The molecule has 1 aliphatic carbocycles. The largest absolute Gasteiger partial charge is 0.389 e. The highest BCUT2D eigenvalue weighted by atomic mass is 16.5. The summed E-state index contributed by atoms with van der Waals surface area (Å²) in [5.74, 6) is 0. The van der Waals surface area contributed by atoms with E-state index < -0.39 is 5.60 Å². The molecule has 0 aromatic rings. The molecule has 0 bridgehead atoms. The molecule has 114 valence electrons. The average Bonchev–Trinajstić information content (AvgIpc) is 2.31. The summed E-state index contributed by atoms with van der Waals surface area (Å²) in [5.41, 5.74) is -0.222. The van der Waals surface area contributed by atoms with Gasteiger partial charge < -0.3 is 15.2 Å². The molecule has 0 amide bonds. The van der Waals surface area contributed by atoms with Crippen LogP contribution in [-0.2, 0) is 4.74 Å². The van der Waals surface area contributed by atoms with E-state index in [9.17, 15) is 5.11 Å². The van der Waals surface area contributed by atoms with Gasteiger partial charge in [0.2, 0.25) is 0 Å². The van der Waals surface area contributed by atoms with E-state index in [1.165, 1.54) is 0 Å².